The molecule has 1 amide bonds. The number of nitrogens with zero attached hydrogens (tertiary/aromatic N) is 2. The molecule has 1 saturated heterocycles. The minimum atomic E-state index is -0.824. The van der Waals surface area contributed by atoms with Gasteiger partial charge in [0.2, 0.25) is 0 Å². The molecule has 0 saturated carbocycles. The van der Waals surface area contributed by atoms with Crippen LogP contribution in [0.5, 0.6) is 0 Å². The zero-order chi connectivity index (χ0) is 11.8. The number of aromatic nitrogens is 1. The van der Waals surface area contributed by atoms with Gasteiger partial charge in [0.25, 0.3) is 5.91 Å². The molecular formula is C11H13FN2O2. The van der Waals surface area contributed by atoms with Crippen molar-refractivity contribution in [1.82, 2.24) is 9.88 Å². The average molecular weight is 224 g/mol. The van der Waals surface area contributed by atoms with Crippen LogP contribution in [0.2, 0.25) is 0 Å². The number of hydrogen-bond donors (Lipinski definition) is 1. The maximum atomic E-state index is 12.6. The minimum Gasteiger partial charge on any atom is -0.388 e. The average Bonchev–Trinajstić information content (AvgIpc) is 2.59. The van der Waals surface area contributed by atoms with Crippen molar-refractivity contribution in [1.29, 1.82) is 0 Å². The molecule has 1 aromatic rings. The Kier molecular flexibility index (Phi) is 2.63. The highest BCUT2D eigenvalue weighted by Crippen LogP contribution is 2.21. The van der Waals surface area contributed by atoms with Crippen LogP contribution < -0.4 is 0 Å². The van der Waals surface area contributed by atoms with Gasteiger partial charge in [0.15, 0.2) is 0 Å². The predicted molar refractivity (Wildman–Crippen MR) is 55.3 cm³/mol. The second kappa shape index (κ2) is 3.83. The number of carbonyl (C=O) groups excluding carboxylic acids is 1. The first-order valence-corrected chi connectivity index (χ1v) is 5.11. The van der Waals surface area contributed by atoms with Crippen LogP contribution in [0.1, 0.15) is 23.8 Å². The maximum absolute atomic E-state index is 12.6. The summed E-state index contributed by atoms with van der Waals surface area (Å²) in [6.45, 7) is 2.49. The molecule has 1 aliphatic heterocycles. The summed E-state index contributed by atoms with van der Waals surface area (Å²) >= 11 is 0. The van der Waals surface area contributed by atoms with E-state index in [0.717, 1.165) is 6.20 Å². The molecule has 1 unspecified atom stereocenters. The Hall–Kier alpha value is -1.49. The lowest BCUT2D eigenvalue weighted by Gasteiger charge is -2.18. The molecule has 0 aliphatic carbocycles. The number of carbonyl (C=O) groups is 1. The van der Waals surface area contributed by atoms with Crippen molar-refractivity contribution in [2.75, 3.05) is 13.1 Å². The second-order valence-corrected chi connectivity index (χ2v) is 4.34. The van der Waals surface area contributed by atoms with Gasteiger partial charge in [-0.2, -0.15) is 0 Å². The fourth-order valence-corrected chi connectivity index (χ4v) is 1.78. The van der Waals surface area contributed by atoms with Crippen molar-refractivity contribution in [2.24, 2.45) is 0 Å². The molecule has 1 atom stereocenters. The number of rotatable bonds is 1. The number of hydrogen-bond acceptors (Lipinski definition) is 3. The molecule has 1 N–H and O–H groups in total. The van der Waals surface area contributed by atoms with Gasteiger partial charge in [-0.15, -0.1) is 0 Å². The lowest BCUT2D eigenvalue weighted by Crippen LogP contribution is -2.34. The van der Waals surface area contributed by atoms with Gasteiger partial charge in [0.1, 0.15) is 11.5 Å². The number of aliphatic hydroxyl groups is 1. The fraction of sp³-hybridized carbons (Fsp3) is 0.455. The van der Waals surface area contributed by atoms with Gasteiger partial charge < -0.3 is 10.0 Å². The number of β-amino-alcohol motifs (C(OH)–C–C–N with tert-alkyl or cyclic N) is 1. The molecular weight excluding hydrogens is 211 g/mol. The molecule has 1 aliphatic rings. The molecule has 16 heavy (non-hydrogen) atoms. The SMILES string of the molecule is CC1(O)CCN(C(=O)c2ccc(F)cn2)C1. The highest BCUT2D eigenvalue weighted by Gasteiger charge is 2.34. The fourth-order valence-electron chi connectivity index (χ4n) is 1.78. The Bertz CT molecular complexity index is 403. The van der Waals surface area contributed by atoms with Gasteiger partial charge in [0.05, 0.1) is 11.8 Å². The lowest BCUT2D eigenvalue weighted by molar-refractivity contribution is 0.0569. The first kappa shape index (κ1) is 11.0. The Morgan fingerprint density at radius 2 is 2.38 bits per heavy atom. The van der Waals surface area contributed by atoms with Crippen LogP contribution in [0.25, 0.3) is 0 Å². The summed E-state index contributed by atoms with van der Waals surface area (Å²) in [5.41, 5.74) is -0.616. The quantitative estimate of drug-likeness (QED) is 0.768. The Balaban J connectivity index is 2.12. The summed E-state index contributed by atoms with van der Waals surface area (Å²) in [6, 6.07) is 2.55. The van der Waals surface area contributed by atoms with Crippen LogP contribution in [-0.4, -0.2) is 39.6 Å². The standard InChI is InChI=1S/C11H13FN2O2/c1-11(16)4-5-14(7-11)10(15)9-3-2-8(12)6-13-9/h2-3,6,16H,4-5,7H2,1H3. The maximum Gasteiger partial charge on any atom is 0.272 e. The molecule has 0 radical (unpaired) electrons. The zero-order valence-electron chi connectivity index (χ0n) is 8.98. The Morgan fingerprint density at radius 3 is 2.88 bits per heavy atom. The van der Waals surface area contributed by atoms with E-state index in [1.54, 1.807) is 6.92 Å². The van der Waals surface area contributed by atoms with Gasteiger partial charge >= 0.3 is 0 Å². The monoisotopic (exact) mass is 224 g/mol. The van der Waals surface area contributed by atoms with E-state index >= 15 is 0 Å². The number of amides is 1. The smallest absolute Gasteiger partial charge is 0.272 e. The van der Waals surface area contributed by atoms with Crippen molar-refractivity contribution in [3.05, 3.63) is 29.8 Å². The van der Waals surface area contributed by atoms with E-state index in [2.05, 4.69) is 4.98 Å². The van der Waals surface area contributed by atoms with Crippen molar-refractivity contribution in [3.63, 3.8) is 0 Å². The Labute approximate surface area is 92.7 Å². The van der Waals surface area contributed by atoms with E-state index in [0.29, 0.717) is 19.5 Å². The minimum absolute atomic E-state index is 0.208. The zero-order valence-corrected chi connectivity index (χ0v) is 8.98. The van der Waals surface area contributed by atoms with Crippen LogP contribution in [0.15, 0.2) is 18.3 Å². The molecule has 4 nitrogen and oxygen atoms in total. The van der Waals surface area contributed by atoms with E-state index < -0.39 is 11.4 Å². The van der Waals surface area contributed by atoms with Gasteiger partial charge in [-0.1, -0.05) is 0 Å². The van der Waals surface area contributed by atoms with Crippen LogP contribution >= 0.6 is 0 Å². The van der Waals surface area contributed by atoms with E-state index in [1.165, 1.54) is 17.0 Å². The largest absolute Gasteiger partial charge is 0.388 e. The highest BCUT2D eigenvalue weighted by atomic mass is 19.1. The number of halogens is 1. The van der Waals surface area contributed by atoms with Crippen molar-refractivity contribution in [3.8, 4) is 0 Å². The van der Waals surface area contributed by atoms with Gasteiger partial charge in [-0.3, -0.25) is 4.79 Å². The summed E-state index contributed by atoms with van der Waals surface area (Å²) in [5, 5.41) is 9.73. The van der Waals surface area contributed by atoms with Crippen molar-refractivity contribution in [2.45, 2.75) is 18.9 Å². The molecule has 1 aromatic heterocycles. The molecule has 1 fully saturated rings. The second-order valence-electron chi connectivity index (χ2n) is 4.34. The van der Waals surface area contributed by atoms with Crippen LogP contribution in [0.3, 0.4) is 0 Å². The molecule has 2 heterocycles. The highest BCUT2D eigenvalue weighted by molar-refractivity contribution is 5.92. The van der Waals surface area contributed by atoms with E-state index in [-0.39, 0.29) is 11.6 Å². The predicted octanol–water partition coefficient (Wildman–Crippen LogP) is 0.818. The number of pyridine rings is 1. The summed E-state index contributed by atoms with van der Waals surface area (Å²) < 4.78 is 12.6. The van der Waals surface area contributed by atoms with Crippen LogP contribution in [0, 0.1) is 5.82 Å². The molecule has 0 bridgehead atoms. The third-order valence-corrected chi connectivity index (χ3v) is 2.69. The molecule has 0 aromatic carbocycles. The van der Waals surface area contributed by atoms with Gasteiger partial charge in [-0.25, -0.2) is 9.37 Å². The molecule has 5 heteroatoms. The van der Waals surface area contributed by atoms with Gasteiger partial charge in [0, 0.05) is 13.1 Å². The van der Waals surface area contributed by atoms with E-state index in [4.69, 9.17) is 0 Å². The lowest BCUT2D eigenvalue weighted by atomic mass is 10.1. The molecule has 86 valence electrons. The van der Waals surface area contributed by atoms with Crippen LogP contribution in [-0.2, 0) is 0 Å². The topological polar surface area (TPSA) is 53.4 Å². The first-order valence-electron chi connectivity index (χ1n) is 5.11. The van der Waals surface area contributed by atoms with E-state index in [9.17, 15) is 14.3 Å². The summed E-state index contributed by atoms with van der Waals surface area (Å²) in [4.78, 5) is 17.1. The first-order chi connectivity index (χ1) is 7.48. The molecule has 2 rings (SSSR count). The number of likely N-dealkylation sites (tertiary alicyclic amines) is 1. The summed E-state index contributed by atoms with van der Waals surface area (Å²) in [6.07, 6.45) is 1.57. The third kappa shape index (κ3) is 2.19. The summed E-state index contributed by atoms with van der Waals surface area (Å²) in [7, 11) is 0. The third-order valence-electron chi connectivity index (χ3n) is 2.69. The van der Waals surface area contributed by atoms with Crippen LogP contribution in [0.4, 0.5) is 4.39 Å². The Morgan fingerprint density at radius 1 is 1.62 bits per heavy atom. The van der Waals surface area contributed by atoms with Gasteiger partial charge in [-0.05, 0) is 25.5 Å². The van der Waals surface area contributed by atoms with E-state index in [1.807, 2.05) is 0 Å². The van der Waals surface area contributed by atoms with Crippen molar-refractivity contribution < 1.29 is 14.3 Å². The normalized spacial score (nSPS) is 24.8. The molecule has 0 spiro atoms. The van der Waals surface area contributed by atoms with Crippen molar-refractivity contribution >= 4 is 5.91 Å². The summed E-state index contributed by atoms with van der Waals surface area (Å²) in [5.74, 6) is -0.734.